The Morgan fingerprint density at radius 1 is 1.37 bits per heavy atom. The lowest BCUT2D eigenvalue weighted by molar-refractivity contribution is -0.129. The van der Waals surface area contributed by atoms with Crippen LogP contribution in [0.3, 0.4) is 0 Å². The molecule has 1 saturated heterocycles. The Bertz CT molecular complexity index is 313. The minimum Gasteiger partial charge on any atom is -0.355 e. The Hall–Kier alpha value is -0.610. The number of rotatable bonds is 5. The molecule has 1 unspecified atom stereocenters. The number of nitrogens with two attached hydrogens (primary N) is 1. The van der Waals surface area contributed by atoms with Gasteiger partial charge in [0, 0.05) is 19.6 Å². The molecular formula is C15H31N3O. The van der Waals surface area contributed by atoms with Crippen LogP contribution in [0.25, 0.3) is 0 Å². The summed E-state index contributed by atoms with van der Waals surface area (Å²) in [5.74, 6) is 0.708. The molecule has 1 heterocycles. The molecule has 0 aromatic rings. The highest BCUT2D eigenvalue weighted by molar-refractivity contribution is 5.82. The summed E-state index contributed by atoms with van der Waals surface area (Å²) in [4.78, 5) is 14.5. The fourth-order valence-electron chi connectivity index (χ4n) is 2.59. The molecule has 112 valence electrons. The minimum absolute atomic E-state index is 0.0623. The summed E-state index contributed by atoms with van der Waals surface area (Å²) < 4.78 is 0. The summed E-state index contributed by atoms with van der Waals surface area (Å²) in [7, 11) is 2.18. The van der Waals surface area contributed by atoms with Gasteiger partial charge in [-0.1, -0.05) is 13.8 Å². The fourth-order valence-corrected chi connectivity index (χ4v) is 2.59. The smallest absolute Gasteiger partial charge is 0.226 e. The summed E-state index contributed by atoms with van der Waals surface area (Å²) in [6.07, 6.45) is 2.51. The van der Waals surface area contributed by atoms with Crippen molar-refractivity contribution in [3.05, 3.63) is 0 Å². The van der Waals surface area contributed by atoms with Crippen molar-refractivity contribution >= 4 is 5.91 Å². The van der Waals surface area contributed by atoms with Gasteiger partial charge in [-0.05, 0) is 51.6 Å². The number of carbonyl (C=O) groups is 1. The van der Waals surface area contributed by atoms with Crippen molar-refractivity contribution in [3.8, 4) is 0 Å². The Morgan fingerprint density at radius 3 is 2.53 bits per heavy atom. The van der Waals surface area contributed by atoms with Crippen LogP contribution in [0.1, 0.15) is 40.5 Å². The second kappa shape index (κ2) is 6.23. The van der Waals surface area contributed by atoms with E-state index in [0.717, 1.165) is 13.1 Å². The molecule has 0 radical (unpaired) electrons. The number of nitrogens with zero attached hydrogens (tertiary/aromatic N) is 1. The Balaban J connectivity index is 2.52. The molecule has 19 heavy (non-hydrogen) atoms. The Kier molecular flexibility index (Phi) is 5.39. The summed E-state index contributed by atoms with van der Waals surface area (Å²) >= 11 is 0. The first kappa shape index (κ1) is 16.4. The highest BCUT2D eigenvalue weighted by atomic mass is 16.2. The molecule has 4 nitrogen and oxygen atoms in total. The number of hydrogen-bond donors (Lipinski definition) is 2. The zero-order valence-electron chi connectivity index (χ0n) is 13.3. The second-order valence-electron chi connectivity index (χ2n) is 7.36. The molecule has 1 fully saturated rings. The van der Waals surface area contributed by atoms with E-state index in [0.29, 0.717) is 12.5 Å². The van der Waals surface area contributed by atoms with E-state index in [1.54, 1.807) is 0 Å². The van der Waals surface area contributed by atoms with Crippen LogP contribution >= 0.6 is 0 Å². The average Bonchev–Trinajstić information content (AvgIpc) is 2.36. The number of nitrogens with one attached hydrogen (secondary N) is 1. The van der Waals surface area contributed by atoms with Crippen LogP contribution in [0.2, 0.25) is 0 Å². The van der Waals surface area contributed by atoms with Crippen LogP contribution in [-0.4, -0.2) is 44.0 Å². The van der Waals surface area contributed by atoms with E-state index in [1.165, 1.54) is 19.4 Å². The molecule has 0 aromatic carbocycles. The average molecular weight is 269 g/mol. The third-order valence-electron chi connectivity index (χ3n) is 4.56. The molecule has 4 heteroatoms. The molecule has 1 aliphatic heterocycles. The molecular weight excluding hydrogens is 238 g/mol. The zero-order chi connectivity index (χ0) is 14.7. The van der Waals surface area contributed by atoms with Gasteiger partial charge in [0.2, 0.25) is 5.91 Å². The van der Waals surface area contributed by atoms with Crippen LogP contribution in [0.15, 0.2) is 0 Å². The maximum atomic E-state index is 12.1. The lowest BCUT2D eigenvalue weighted by Crippen LogP contribution is -2.48. The number of hydrogen-bond acceptors (Lipinski definition) is 3. The van der Waals surface area contributed by atoms with Gasteiger partial charge in [-0.3, -0.25) is 4.79 Å². The maximum absolute atomic E-state index is 12.1. The molecule has 0 spiro atoms. The molecule has 1 amide bonds. The molecule has 1 atom stereocenters. The van der Waals surface area contributed by atoms with Crippen LogP contribution in [0, 0.1) is 16.7 Å². The SMILES string of the molecule is CN1CCCC(C(C)(C)CNC(=O)C(C)(C)CN)C1. The number of amides is 1. The van der Waals surface area contributed by atoms with E-state index >= 15 is 0 Å². The van der Waals surface area contributed by atoms with E-state index < -0.39 is 5.41 Å². The first-order chi connectivity index (χ1) is 8.69. The first-order valence-electron chi connectivity index (χ1n) is 7.36. The first-order valence-corrected chi connectivity index (χ1v) is 7.36. The number of piperidine rings is 1. The maximum Gasteiger partial charge on any atom is 0.226 e. The largest absolute Gasteiger partial charge is 0.355 e. The molecule has 1 rings (SSSR count). The van der Waals surface area contributed by atoms with Crippen LogP contribution in [0.4, 0.5) is 0 Å². The molecule has 0 saturated carbocycles. The summed E-state index contributed by atoms with van der Waals surface area (Å²) in [5.41, 5.74) is 5.30. The third kappa shape index (κ3) is 4.46. The fraction of sp³-hybridized carbons (Fsp3) is 0.933. The van der Waals surface area contributed by atoms with Gasteiger partial charge in [0.05, 0.1) is 5.41 Å². The highest BCUT2D eigenvalue weighted by Gasteiger charge is 2.34. The Morgan fingerprint density at radius 2 is 2.00 bits per heavy atom. The molecule has 0 aliphatic carbocycles. The van der Waals surface area contributed by atoms with E-state index in [1.807, 2.05) is 13.8 Å². The van der Waals surface area contributed by atoms with Crippen LogP contribution in [-0.2, 0) is 4.79 Å². The van der Waals surface area contributed by atoms with Gasteiger partial charge < -0.3 is 16.0 Å². The monoisotopic (exact) mass is 269 g/mol. The lowest BCUT2D eigenvalue weighted by Gasteiger charge is -2.41. The molecule has 1 aliphatic rings. The molecule has 0 aromatic heterocycles. The van der Waals surface area contributed by atoms with Gasteiger partial charge in [-0.15, -0.1) is 0 Å². The summed E-state index contributed by atoms with van der Waals surface area (Å²) in [5, 5.41) is 3.09. The standard InChI is InChI=1S/C15H31N3O/c1-14(2,10-16)13(19)17-11-15(3,4)12-7-6-8-18(5)9-12/h12H,6-11,16H2,1-5H3,(H,17,19). The number of likely N-dealkylation sites (tertiary alicyclic amines) is 1. The van der Waals surface area contributed by atoms with Crippen molar-refractivity contribution in [1.82, 2.24) is 10.2 Å². The van der Waals surface area contributed by atoms with Gasteiger partial charge in [0.1, 0.15) is 0 Å². The summed E-state index contributed by atoms with van der Waals surface area (Å²) in [6.45, 7) is 11.7. The van der Waals surface area contributed by atoms with Gasteiger partial charge in [-0.2, -0.15) is 0 Å². The topological polar surface area (TPSA) is 58.4 Å². The molecule has 0 bridgehead atoms. The van der Waals surface area contributed by atoms with Crippen molar-refractivity contribution < 1.29 is 4.79 Å². The van der Waals surface area contributed by atoms with Gasteiger partial charge in [0.15, 0.2) is 0 Å². The van der Waals surface area contributed by atoms with Gasteiger partial charge >= 0.3 is 0 Å². The highest BCUT2D eigenvalue weighted by Crippen LogP contribution is 2.33. The van der Waals surface area contributed by atoms with Crippen LogP contribution < -0.4 is 11.1 Å². The quantitative estimate of drug-likeness (QED) is 0.794. The van der Waals surface area contributed by atoms with Crippen molar-refractivity contribution in [2.75, 3.05) is 33.2 Å². The van der Waals surface area contributed by atoms with Crippen molar-refractivity contribution in [2.24, 2.45) is 22.5 Å². The van der Waals surface area contributed by atoms with Gasteiger partial charge in [-0.25, -0.2) is 0 Å². The van der Waals surface area contributed by atoms with E-state index in [9.17, 15) is 4.79 Å². The van der Waals surface area contributed by atoms with E-state index in [4.69, 9.17) is 5.73 Å². The van der Waals surface area contributed by atoms with Crippen molar-refractivity contribution in [2.45, 2.75) is 40.5 Å². The molecule has 3 N–H and O–H groups in total. The normalized spacial score (nSPS) is 22.3. The van der Waals surface area contributed by atoms with Crippen molar-refractivity contribution in [1.29, 1.82) is 0 Å². The minimum atomic E-state index is -0.473. The van der Waals surface area contributed by atoms with E-state index in [-0.39, 0.29) is 11.3 Å². The van der Waals surface area contributed by atoms with Crippen LogP contribution in [0.5, 0.6) is 0 Å². The Labute approximate surface area is 118 Å². The zero-order valence-corrected chi connectivity index (χ0v) is 13.3. The predicted molar refractivity (Wildman–Crippen MR) is 79.8 cm³/mol. The van der Waals surface area contributed by atoms with E-state index in [2.05, 4.69) is 31.1 Å². The van der Waals surface area contributed by atoms with Gasteiger partial charge in [0.25, 0.3) is 0 Å². The summed E-state index contributed by atoms with van der Waals surface area (Å²) in [6, 6.07) is 0. The lowest BCUT2D eigenvalue weighted by atomic mass is 9.74. The van der Waals surface area contributed by atoms with Crippen molar-refractivity contribution in [3.63, 3.8) is 0 Å². The second-order valence-corrected chi connectivity index (χ2v) is 7.36. The third-order valence-corrected chi connectivity index (χ3v) is 4.56. The predicted octanol–water partition coefficient (Wildman–Crippen LogP) is 1.46. The number of carbonyl (C=O) groups excluding carboxylic acids is 1.